The minimum atomic E-state index is -0.837. The first-order chi connectivity index (χ1) is 20.1. The fourth-order valence-corrected chi connectivity index (χ4v) is 4.12. The van der Waals surface area contributed by atoms with Crippen LogP contribution in [0.2, 0.25) is 0 Å². The number of H-pyrrole nitrogens is 1. The summed E-state index contributed by atoms with van der Waals surface area (Å²) in [6, 6.07) is 14.2. The summed E-state index contributed by atoms with van der Waals surface area (Å²) < 4.78 is 18.4. The summed E-state index contributed by atoms with van der Waals surface area (Å²) in [5, 5.41) is 0. The zero-order valence-corrected chi connectivity index (χ0v) is 24.1. The van der Waals surface area contributed by atoms with Crippen molar-refractivity contribution < 1.29 is 23.8 Å². The number of carbonyl (C=O) groups is 2. The highest BCUT2D eigenvalue weighted by molar-refractivity contribution is 5.90. The van der Waals surface area contributed by atoms with E-state index < -0.39 is 23.6 Å². The molecule has 0 amide bonds. The van der Waals surface area contributed by atoms with Crippen molar-refractivity contribution in [1.29, 1.82) is 0 Å². The molecule has 0 saturated heterocycles. The van der Waals surface area contributed by atoms with Gasteiger partial charge in [0.1, 0.15) is 26.0 Å². The Kier molecular flexibility index (Phi) is 10.0. The summed E-state index contributed by atoms with van der Waals surface area (Å²) in [6.07, 6.45) is 0.544. The molecule has 13 heteroatoms. The molecule has 42 heavy (non-hydrogen) atoms. The van der Waals surface area contributed by atoms with Crippen LogP contribution in [0.5, 0.6) is 0 Å². The Balaban J connectivity index is 1.43. The van der Waals surface area contributed by atoms with Crippen molar-refractivity contribution >= 4 is 29.1 Å². The van der Waals surface area contributed by atoms with Crippen molar-refractivity contribution in [3.63, 3.8) is 0 Å². The lowest BCUT2D eigenvalue weighted by molar-refractivity contribution is -0.0616. The van der Waals surface area contributed by atoms with Gasteiger partial charge in [0.05, 0.1) is 17.5 Å². The zero-order chi connectivity index (χ0) is 30.2. The Morgan fingerprint density at radius 1 is 0.881 bits per heavy atom. The molecule has 0 unspecified atom stereocenters. The number of benzene rings is 2. The molecule has 0 radical (unpaired) electrons. The van der Waals surface area contributed by atoms with Crippen molar-refractivity contribution in [3.05, 3.63) is 87.5 Å². The van der Waals surface area contributed by atoms with E-state index in [1.807, 2.05) is 62.3 Å². The van der Waals surface area contributed by atoms with Crippen LogP contribution in [0.4, 0.5) is 5.95 Å². The lowest BCUT2D eigenvalue weighted by Gasteiger charge is -2.19. The Hall–Kier alpha value is -4.59. The van der Waals surface area contributed by atoms with Gasteiger partial charge in [-0.25, -0.2) is 14.6 Å². The van der Waals surface area contributed by atoms with Gasteiger partial charge in [0.25, 0.3) is 5.56 Å². The van der Waals surface area contributed by atoms with Crippen molar-refractivity contribution in [2.24, 2.45) is 0 Å². The molecule has 0 fully saturated rings. The number of nitrogen functional groups attached to an aromatic ring is 1. The smallest absolute Gasteiger partial charge is 0.338 e. The number of fused-ring (bicyclic) bond motifs is 1. The predicted molar refractivity (Wildman–Crippen MR) is 156 cm³/mol. The largest absolute Gasteiger partial charge is 0.459 e. The number of nitrogens with two attached hydrogens (primary N) is 1. The van der Waals surface area contributed by atoms with Gasteiger partial charge in [-0.15, -0.1) is 0 Å². The van der Waals surface area contributed by atoms with Crippen molar-refractivity contribution in [1.82, 2.24) is 29.3 Å². The number of anilines is 1. The lowest BCUT2D eigenvalue weighted by Crippen LogP contribution is -2.29. The molecule has 0 saturated carbocycles. The molecule has 0 atom stereocenters. The number of aromatic nitrogens is 4. The number of nitrogens with one attached hydrogen (secondary N) is 1. The Morgan fingerprint density at radius 2 is 1.38 bits per heavy atom. The van der Waals surface area contributed by atoms with Crippen LogP contribution >= 0.6 is 0 Å². The number of ether oxygens (including phenoxy) is 3. The van der Waals surface area contributed by atoms with Gasteiger partial charge >= 0.3 is 11.9 Å². The Bertz CT molecular complexity index is 1490. The second-order valence-electron chi connectivity index (χ2n) is 10.3. The first-order valence-corrected chi connectivity index (χ1v) is 13.2. The molecular formula is C29H35N7O6. The monoisotopic (exact) mass is 577 g/mol. The number of imidazole rings is 1. The van der Waals surface area contributed by atoms with E-state index in [0.29, 0.717) is 11.1 Å². The summed E-state index contributed by atoms with van der Waals surface area (Å²) in [6.45, 7) is 0.964. The van der Waals surface area contributed by atoms with Crippen LogP contribution in [0, 0.1) is 0 Å². The highest BCUT2D eigenvalue weighted by Crippen LogP contribution is 2.12. The third kappa shape index (κ3) is 8.22. The van der Waals surface area contributed by atoms with Crippen molar-refractivity contribution in [2.45, 2.75) is 25.9 Å². The third-order valence-corrected chi connectivity index (χ3v) is 6.12. The maximum atomic E-state index is 12.8. The summed E-state index contributed by atoms with van der Waals surface area (Å²) in [5.74, 6) is -1.16. The van der Waals surface area contributed by atoms with E-state index in [0.717, 1.165) is 24.2 Å². The molecule has 4 aromatic rings. The van der Waals surface area contributed by atoms with E-state index in [-0.39, 0.29) is 37.1 Å². The van der Waals surface area contributed by atoms with Crippen LogP contribution in [-0.4, -0.2) is 88.8 Å². The van der Waals surface area contributed by atoms with E-state index in [1.54, 1.807) is 24.3 Å². The average Bonchev–Trinajstić information content (AvgIpc) is 3.35. The fourth-order valence-electron chi connectivity index (χ4n) is 4.12. The Morgan fingerprint density at radius 3 is 1.86 bits per heavy atom. The van der Waals surface area contributed by atoms with Crippen LogP contribution in [-0.2, 0) is 34.0 Å². The third-order valence-electron chi connectivity index (χ3n) is 6.12. The van der Waals surface area contributed by atoms with Crippen LogP contribution < -0.4 is 11.3 Å². The fraction of sp³-hybridized carbons (Fsp3) is 0.345. The predicted octanol–water partition coefficient (Wildman–Crippen LogP) is 1.88. The van der Waals surface area contributed by atoms with Crippen LogP contribution in [0.25, 0.3) is 11.2 Å². The van der Waals surface area contributed by atoms with E-state index in [9.17, 15) is 14.4 Å². The molecule has 2 aromatic heterocycles. The Labute approximate surface area is 242 Å². The van der Waals surface area contributed by atoms with Crippen LogP contribution in [0.15, 0.2) is 59.7 Å². The summed E-state index contributed by atoms with van der Waals surface area (Å²) in [7, 11) is 7.85. The van der Waals surface area contributed by atoms with E-state index >= 15 is 0 Å². The molecule has 0 aliphatic heterocycles. The van der Waals surface area contributed by atoms with Gasteiger partial charge in [-0.1, -0.05) is 24.3 Å². The van der Waals surface area contributed by atoms with Gasteiger partial charge in [-0.05, 0) is 63.6 Å². The van der Waals surface area contributed by atoms with E-state index in [4.69, 9.17) is 19.9 Å². The highest BCUT2D eigenvalue weighted by atomic mass is 16.6. The maximum Gasteiger partial charge on any atom is 0.338 e. The second-order valence-corrected chi connectivity index (χ2v) is 10.3. The molecule has 3 N–H and O–H groups in total. The van der Waals surface area contributed by atoms with Crippen LogP contribution in [0.3, 0.4) is 0 Å². The number of rotatable bonds is 13. The molecule has 0 aliphatic rings. The first kappa shape index (κ1) is 30.4. The topological polar surface area (TPSA) is 158 Å². The number of aromatic amines is 1. The first-order valence-electron chi connectivity index (χ1n) is 13.2. The van der Waals surface area contributed by atoms with Crippen molar-refractivity contribution in [2.75, 3.05) is 47.1 Å². The summed E-state index contributed by atoms with van der Waals surface area (Å²) >= 11 is 0. The summed E-state index contributed by atoms with van der Waals surface area (Å²) in [5.41, 5.74) is 8.38. The van der Waals surface area contributed by atoms with Crippen molar-refractivity contribution in [3.8, 4) is 0 Å². The number of hydrogen-bond acceptors (Lipinski definition) is 11. The average molecular weight is 578 g/mol. The molecule has 222 valence electrons. The molecule has 4 rings (SSSR count). The standard InChI is InChI=1S/C29H35N7O6/c1-34(2)13-19-5-9-21(10-6-19)27(38)40-15-23(16-41-28(39)22-11-7-20(8-12-22)14-35(3)4)42-18-36-17-31-24-25(36)32-29(30)33-26(24)37/h5-12,17,23H,13-16,18H2,1-4H3,(H3,30,32,33,37). The highest BCUT2D eigenvalue weighted by Gasteiger charge is 2.19. The number of nitrogens with zero attached hydrogens (tertiary/aromatic N) is 5. The zero-order valence-electron chi connectivity index (χ0n) is 24.1. The number of esters is 2. The van der Waals surface area contributed by atoms with Crippen LogP contribution in [0.1, 0.15) is 31.8 Å². The molecule has 2 heterocycles. The van der Waals surface area contributed by atoms with Gasteiger partial charge in [-0.3, -0.25) is 14.3 Å². The minimum absolute atomic E-state index is 0.0677. The van der Waals surface area contributed by atoms with E-state index in [2.05, 4.69) is 15.0 Å². The maximum absolute atomic E-state index is 12.8. The van der Waals surface area contributed by atoms with Gasteiger partial charge in [0.2, 0.25) is 5.95 Å². The molecule has 2 aromatic carbocycles. The minimum Gasteiger partial charge on any atom is -0.459 e. The lowest BCUT2D eigenvalue weighted by atomic mass is 10.1. The van der Waals surface area contributed by atoms with Gasteiger partial charge < -0.3 is 29.7 Å². The second kappa shape index (κ2) is 13.9. The molecule has 13 nitrogen and oxygen atoms in total. The quantitative estimate of drug-likeness (QED) is 0.224. The van der Waals surface area contributed by atoms with Gasteiger partial charge in [0, 0.05) is 13.1 Å². The van der Waals surface area contributed by atoms with Gasteiger partial charge in [-0.2, -0.15) is 4.98 Å². The number of carbonyl (C=O) groups excluding carboxylic acids is 2. The summed E-state index contributed by atoms with van der Waals surface area (Å²) in [4.78, 5) is 52.2. The molecule has 0 spiro atoms. The number of hydrogen-bond donors (Lipinski definition) is 2. The van der Waals surface area contributed by atoms with E-state index in [1.165, 1.54) is 10.9 Å². The normalized spacial score (nSPS) is 11.5. The molecule has 0 bridgehead atoms. The molecule has 0 aliphatic carbocycles. The SMILES string of the molecule is CN(C)Cc1ccc(C(=O)OCC(COC(=O)c2ccc(CN(C)C)cc2)OCn2cnc3c(=O)[nH]c(N)nc32)cc1. The molecular weight excluding hydrogens is 542 g/mol. The van der Waals surface area contributed by atoms with Gasteiger partial charge in [0.15, 0.2) is 11.2 Å².